The molecule has 1 spiro atoms. The summed E-state index contributed by atoms with van der Waals surface area (Å²) in [7, 11) is 2.17. The second-order valence-corrected chi connectivity index (χ2v) is 13.4. The van der Waals surface area contributed by atoms with Crippen molar-refractivity contribution >= 4 is 49.6 Å². The first-order valence-electron chi connectivity index (χ1n) is 17.1. The molecule has 0 N–H and O–H groups in total. The van der Waals surface area contributed by atoms with Gasteiger partial charge in [0.25, 0.3) is 0 Å². The van der Waals surface area contributed by atoms with Crippen LogP contribution in [0.15, 0.2) is 176 Å². The number of allylic oxidation sites excluding steroid dienone is 4. The van der Waals surface area contributed by atoms with E-state index in [0.717, 1.165) is 17.8 Å². The van der Waals surface area contributed by atoms with Gasteiger partial charge in [0.2, 0.25) is 0 Å². The van der Waals surface area contributed by atoms with Gasteiger partial charge in [0.05, 0.1) is 11.1 Å². The Hall–Kier alpha value is -6.12. The van der Waals surface area contributed by atoms with Gasteiger partial charge in [-0.25, -0.2) is 0 Å². The van der Waals surface area contributed by atoms with Crippen LogP contribution < -0.4 is 4.90 Å². The molecule has 49 heavy (non-hydrogen) atoms. The predicted molar refractivity (Wildman–Crippen MR) is 206 cm³/mol. The first kappa shape index (κ1) is 27.9. The molecule has 2 nitrogen and oxygen atoms in total. The summed E-state index contributed by atoms with van der Waals surface area (Å²) in [4.78, 5) is 2.46. The molecule has 8 aromatic rings. The van der Waals surface area contributed by atoms with Gasteiger partial charge in [-0.05, 0) is 87.7 Å². The zero-order chi connectivity index (χ0) is 32.5. The Kier molecular flexibility index (Phi) is 6.10. The van der Waals surface area contributed by atoms with Gasteiger partial charge in [-0.1, -0.05) is 133 Å². The number of hydrogen-bond acceptors (Lipinski definition) is 1. The van der Waals surface area contributed by atoms with E-state index in [1.165, 1.54) is 71.6 Å². The Morgan fingerprint density at radius 3 is 1.98 bits per heavy atom. The minimum absolute atomic E-state index is 0.321. The molecule has 0 saturated carbocycles. The maximum atomic E-state index is 2.48. The fourth-order valence-corrected chi connectivity index (χ4v) is 8.52. The molecule has 0 radical (unpaired) electrons. The number of aromatic nitrogens is 1. The van der Waals surface area contributed by atoms with E-state index in [2.05, 4.69) is 192 Å². The normalized spacial score (nSPS) is 13.9. The van der Waals surface area contributed by atoms with E-state index in [4.69, 9.17) is 0 Å². The molecular weight excluding hydrogens is 593 g/mol. The monoisotopic (exact) mass is 626 g/mol. The number of hydrogen-bond donors (Lipinski definition) is 0. The molecule has 1 heterocycles. The van der Waals surface area contributed by atoms with Crippen LogP contribution in [0.3, 0.4) is 0 Å². The SMILES string of the molecule is Cn1c2ccccc2c2cc(N(c3ccccc3)c3cc4c(c5ccccc35)-c3ccc(Cc5ccccc5)cc3C43C=CC=C3)ccc21. The molecule has 10 rings (SSSR count). The highest BCUT2D eigenvalue weighted by molar-refractivity contribution is 6.12. The van der Waals surface area contributed by atoms with Crippen molar-refractivity contribution in [3.8, 4) is 11.1 Å². The fourth-order valence-electron chi connectivity index (χ4n) is 8.52. The van der Waals surface area contributed by atoms with Crippen LogP contribution in [-0.2, 0) is 18.9 Å². The van der Waals surface area contributed by atoms with E-state index in [0.29, 0.717) is 0 Å². The number of rotatable bonds is 5. The van der Waals surface area contributed by atoms with Crippen LogP contribution in [0.4, 0.5) is 17.1 Å². The van der Waals surface area contributed by atoms with Gasteiger partial charge in [-0.2, -0.15) is 0 Å². The van der Waals surface area contributed by atoms with Crippen LogP contribution in [0.2, 0.25) is 0 Å². The maximum absolute atomic E-state index is 2.48. The molecule has 2 aliphatic carbocycles. The molecule has 7 aromatic carbocycles. The summed E-state index contributed by atoms with van der Waals surface area (Å²) in [5.74, 6) is 0. The lowest BCUT2D eigenvalue weighted by Gasteiger charge is -2.30. The number of para-hydroxylation sites is 2. The molecule has 0 atom stereocenters. The Labute approximate surface area is 286 Å². The minimum atomic E-state index is -0.321. The standard InChI is InChI=1S/C47H34N2/c1-48-43-21-11-10-19-37(43)40-30-35(23-25-44(40)48)49(34-16-6-3-7-17-34)45-31-42-46(38-20-9-8-18-36(38)45)39-24-22-33(28-32-14-4-2-5-15-32)29-41(39)47(42)26-12-13-27-47/h2-27,29-31H,28H2,1H3. The molecule has 0 unspecified atom stereocenters. The number of anilines is 3. The van der Waals surface area contributed by atoms with Crippen LogP contribution >= 0.6 is 0 Å². The van der Waals surface area contributed by atoms with Crippen molar-refractivity contribution in [3.05, 3.63) is 198 Å². The summed E-state index contributed by atoms with van der Waals surface area (Å²) in [6.45, 7) is 0. The molecule has 1 aromatic heterocycles. The zero-order valence-electron chi connectivity index (χ0n) is 27.3. The van der Waals surface area contributed by atoms with Crippen LogP contribution in [0.1, 0.15) is 22.3 Å². The second-order valence-electron chi connectivity index (χ2n) is 13.4. The summed E-state index contributed by atoms with van der Waals surface area (Å²) in [5, 5.41) is 5.06. The summed E-state index contributed by atoms with van der Waals surface area (Å²) in [6, 6.07) is 55.9. The Morgan fingerprint density at radius 1 is 0.510 bits per heavy atom. The van der Waals surface area contributed by atoms with Crippen molar-refractivity contribution in [2.24, 2.45) is 7.05 Å². The average Bonchev–Trinajstić information content (AvgIpc) is 3.84. The first-order valence-corrected chi connectivity index (χ1v) is 17.1. The molecule has 2 aliphatic rings. The average molecular weight is 627 g/mol. The van der Waals surface area contributed by atoms with Gasteiger partial charge in [-0.3, -0.25) is 0 Å². The van der Waals surface area contributed by atoms with Gasteiger partial charge in [0.1, 0.15) is 0 Å². The third-order valence-corrected chi connectivity index (χ3v) is 10.8. The highest BCUT2D eigenvalue weighted by Crippen LogP contribution is 2.57. The predicted octanol–water partition coefficient (Wildman–Crippen LogP) is 11.9. The third kappa shape index (κ3) is 4.14. The maximum Gasteiger partial charge on any atom is 0.0582 e. The van der Waals surface area contributed by atoms with Crippen molar-refractivity contribution in [1.29, 1.82) is 0 Å². The lowest BCUT2D eigenvalue weighted by atomic mass is 9.78. The lowest BCUT2D eigenvalue weighted by molar-refractivity contribution is 0.856. The topological polar surface area (TPSA) is 8.17 Å². The van der Waals surface area contributed by atoms with Gasteiger partial charge >= 0.3 is 0 Å². The number of fused-ring (bicyclic) bond motifs is 10. The molecule has 0 amide bonds. The number of aryl methyl sites for hydroxylation is 1. The number of nitrogens with zero attached hydrogens (tertiary/aromatic N) is 2. The molecule has 232 valence electrons. The summed E-state index contributed by atoms with van der Waals surface area (Å²) < 4.78 is 2.30. The Balaban J connectivity index is 1.23. The van der Waals surface area contributed by atoms with E-state index in [1.54, 1.807) is 0 Å². The Bertz CT molecular complexity index is 2630. The Morgan fingerprint density at radius 2 is 1.18 bits per heavy atom. The van der Waals surface area contributed by atoms with Gasteiger partial charge in [-0.15, -0.1) is 0 Å². The third-order valence-electron chi connectivity index (χ3n) is 10.8. The van der Waals surface area contributed by atoms with Crippen molar-refractivity contribution in [2.75, 3.05) is 4.90 Å². The first-order chi connectivity index (χ1) is 24.2. The van der Waals surface area contributed by atoms with E-state index in [1.807, 2.05) is 0 Å². The van der Waals surface area contributed by atoms with Gasteiger partial charge in [0, 0.05) is 45.6 Å². The molecular formula is C47H34N2. The number of benzene rings is 7. The van der Waals surface area contributed by atoms with Crippen LogP contribution in [-0.4, -0.2) is 4.57 Å². The second kappa shape index (κ2) is 10.7. The van der Waals surface area contributed by atoms with Crippen molar-refractivity contribution in [1.82, 2.24) is 4.57 Å². The minimum Gasteiger partial charge on any atom is -0.344 e. The van der Waals surface area contributed by atoms with E-state index in [9.17, 15) is 0 Å². The fraction of sp³-hybridized carbons (Fsp3) is 0.0638. The summed E-state index contributed by atoms with van der Waals surface area (Å²) in [6.07, 6.45) is 10.2. The van der Waals surface area contributed by atoms with Crippen LogP contribution in [0.5, 0.6) is 0 Å². The van der Waals surface area contributed by atoms with Crippen molar-refractivity contribution < 1.29 is 0 Å². The van der Waals surface area contributed by atoms with Crippen LogP contribution in [0, 0.1) is 0 Å². The highest BCUT2D eigenvalue weighted by atomic mass is 15.1. The van der Waals surface area contributed by atoms with E-state index >= 15 is 0 Å². The van der Waals surface area contributed by atoms with Crippen molar-refractivity contribution in [2.45, 2.75) is 11.8 Å². The molecule has 2 heteroatoms. The van der Waals surface area contributed by atoms with Crippen LogP contribution in [0.25, 0.3) is 43.7 Å². The van der Waals surface area contributed by atoms with E-state index < -0.39 is 0 Å². The molecule has 0 saturated heterocycles. The summed E-state index contributed by atoms with van der Waals surface area (Å²) in [5.41, 5.74) is 13.7. The van der Waals surface area contributed by atoms with Crippen molar-refractivity contribution in [3.63, 3.8) is 0 Å². The molecule has 0 bridgehead atoms. The molecule has 0 aliphatic heterocycles. The quantitative estimate of drug-likeness (QED) is 0.185. The largest absolute Gasteiger partial charge is 0.344 e. The molecule has 0 fully saturated rings. The smallest absolute Gasteiger partial charge is 0.0582 e. The zero-order valence-corrected chi connectivity index (χ0v) is 27.3. The van der Waals surface area contributed by atoms with E-state index in [-0.39, 0.29) is 5.41 Å². The highest BCUT2D eigenvalue weighted by Gasteiger charge is 2.42. The van der Waals surface area contributed by atoms with Gasteiger partial charge in [0.15, 0.2) is 0 Å². The lowest BCUT2D eigenvalue weighted by Crippen LogP contribution is -2.19. The van der Waals surface area contributed by atoms with Gasteiger partial charge < -0.3 is 9.47 Å². The summed E-state index contributed by atoms with van der Waals surface area (Å²) >= 11 is 0.